The van der Waals surface area contributed by atoms with Crippen molar-refractivity contribution in [3.05, 3.63) is 24.3 Å². The highest BCUT2D eigenvalue weighted by molar-refractivity contribution is 5.87. The van der Waals surface area contributed by atoms with Crippen molar-refractivity contribution in [2.45, 2.75) is 26.4 Å². The number of aliphatic carboxylic acids is 1. The molecule has 0 aliphatic rings. The SMILES string of the molecule is C=C(C)C(=O)OCCOCCOCCOC(COC(=O)NCC)CC(=C)C(=O)O. The van der Waals surface area contributed by atoms with Crippen LogP contribution in [-0.2, 0) is 33.3 Å². The lowest BCUT2D eigenvalue weighted by Crippen LogP contribution is -2.30. The van der Waals surface area contributed by atoms with Crippen LogP contribution < -0.4 is 5.32 Å². The van der Waals surface area contributed by atoms with Crippen molar-refractivity contribution in [3.8, 4) is 0 Å². The summed E-state index contributed by atoms with van der Waals surface area (Å²) in [4.78, 5) is 33.4. The molecule has 166 valence electrons. The van der Waals surface area contributed by atoms with E-state index in [1.807, 2.05) is 0 Å². The molecule has 1 amide bonds. The Bertz CT molecular complexity index is 548. The lowest BCUT2D eigenvalue weighted by Gasteiger charge is -2.18. The number of esters is 1. The summed E-state index contributed by atoms with van der Waals surface area (Å²) in [5, 5.41) is 11.4. The second-order valence-electron chi connectivity index (χ2n) is 5.88. The van der Waals surface area contributed by atoms with E-state index in [0.717, 1.165) is 0 Å². The van der Waals surface area contributed by atoms with E-state index in [-0.39, 0.29) is 45.0 Å². The second-order valence-corrected chi connectivity index (χ2v) is 5.88. The van der Waals surface area contributed by atoms with Gasteiger partial charge in [0.1, 0.15) is 13.2 Å². The standard InChI is InChI=1S/C19H31NO9/c1-5-20-19(24)29-13-16(12-15(4)17(21)22)27-10-8-25-6-7-26-9-11-28-18(23)14(2)3/h16H,2,4-13H2,1,3H3,(H,20,24)(H,21,22). The third-order valence-corrected chi connectivity index (χ3v) is 3.26. The molecule has 0 bridgehead atoms. The molecule has 0 aromatic heterocycles. The molecule has 1 unspecified atom stereocenters. The largest absolute Gasteiger partial charge is 0.478 e. The van der Waals surface area contributed by atoms with Gasteiger partial charge in [-0.05, 0) is 13.8 Å². The van der Waals surface area contributed by atoms with Gasteiger partial charge in [0.05, 0.1) is 39.1 Å². The minimum absolute atomic E-state index is 0.0146. The highest BCUT2D eigenvalue weighted by Gasteiger charge is 2.17. The van der Waals surface area contributed by atoms with E-state index in [1.54, 1.807) is 13.8 Å². The smallest absolute Gasteiger partial charge is 0.407 e. The van der Waals surface area contributed by atoms with Crippen LogP contribution in [0.1, 0.15) is 20.3 Å². The van der Waals surface area contributed by atoms with Crippen molar-refractivity contribution in [1.82, 2.24) is 5.32 Å². The van der Waals surface area contributed by atoms with Crippen molar-refractivity contribution in [2.75, 3.05) is 52.8 Å². The van der Waals surface area contributed by atoms with Gasteiger partial charge in [0.2, 0.25) is 0 Å². The van der Waals surface area contributed by atoms with Crippen LogP contribution in [0, 0.1) is 0 Å². The molecule has 0 radical (unpaired) electrons. The summed E-state index contributed by atoms with van der Waals surface area (Å²) in [6, 6.07) is 0. The van der Waals surface area contributed by atoms with Crippen molar-refractivity contribution >= 4 is 18.0 Å². The topological polar surface area (TPSA) is 130 Å². The van der Waals surface area contributed by atoms with Crippen LogP contribution in [0.5, 0.6) is 0 Å². The monoisotopic (exact) mass is 417 g/mol. The van der Waals surface area contributed by atoms with Gasteiger partial charge in [0.15, 0.2) is 0 Å². The van der Waals surface area contributed by atoms with Crippen molar-refractivity contribution < 1.29 is 43.2 Å². The lowest BCUT2D eigenvalue weighted by atomic mass is 10.1. The Labute approximate surface area is 170 Å². The number of rotatable bonds is 17. The molecule has 2 N–H and O–H groups in total. The van der Waals surface area contributed by atoms with Crippen molar-refractivity contribution in [2.24, 2.45) is 0 Å². The average Bonchev–Trinajstić information content (AvgIpc) is 2.66. The first-order chi connectivity index (χ1) is 13.8. The first kappa shape index (κ1) is 26.6. The summed E-state index contributed by atoms with van der Waals surface area (Å²) < 4.78 is 25.9. The maximum absolute atomic E-state index is 11.4. The Morgan fingerprint density at radius 2 is 1.55 bits per heavy atom. The number of nitrogens with one attached hydrogen (secondary N) is 1. The molecule has 0 aromatic rings. The summed E-state index contributed by atoms with van der Waals surface area (Å²) in [7, 11) is 0. The predicted octanol–water partition coefficient (Wildman–Crippen LogP) is 1.30. The van der Waals surface area contributed by atoms with Gasteiger partial charge in [-0.25, -0.2) is 14.4 Å². The van der Waals surface area contributed by atoms with Gasteiger partial charge >= 0.3 is 18.0 Å². The molecule has 0 saturated heterocycles. The number of ether oxygens (including phenoxy) is 5. The zero-order valence-electron chi connectivity index (χ0n) is 17.1. The minimum atomic E-state index is -1.14. The van der Waals surface area contributed by atoms with Crippen LogP contribution in [-0.4, -0.2) is 82.0 Å². The number of carboxylic acid groups (broad SMARTS) is 1. The van der Waals surface area contributed by atoms with Crippen LogP contribution in [0.3, 0.4) is 0 Å². The highest BCUT2D eigenvalue weighted by Crippen LogP contribution is 2.08. The van der Waals surface area contributed by atoms with E-state index in [2.05, 4.69) is 18.5 Å². The first-order valence-corrected chi connectivity index (χ1v) is 9.19. The molecule has 0 aliphatic heterocycles. The molecule has 0 saturated carbocycles. The quantitative estimate of drug-likeness (QED) is 0.204. The highest BCUT2D eigenvalue weighted by atomic mass is 16.6. The summed E-state index contributed by atoms with van der Waals surface area (Å²) in [5.74, 6) is -1.60. The van der Waals surface area contributed by atoms with Crippen molar-refractivity contribution in [3.63, 3.8) is 0 Å². The Hall–Kier alpha value is -2.43. The summed E-state index contributed by atoms with van der Waals surface area (Å²) in [6.45, 7) is 11.9. The summed E-state index contributed by atoms with van der Waals surface area (Å²) >= 11 is 0. The van der Waals surface area contributed by atoms with E-state index < -0.39 is 24.1 Å². The van der Waals surface area contributed by atoms with Crippen molar-refractivity contribution in [1.29, 1.82) is 0 Å². The fourth-order valence-corrected chi connectivity index (χ4v) is 1.80. The fraction of sp³-hybridized carbons (Fsp3) is 0.632. The van der Waals surface area contributed by atoms with Gasteiger partial charge in [-0.2, -0.15) is 0 Å². The Morgan fingerprint density at radius 3 is 2.10 bits per heavy atom. The predicted molar refractivity (Wildman–Crippen MR) is 104 cm³/mol. The molecule has 0 heterocycles. The van der Waals surface area contributed by atoms with Gasteiger partial charge in [0.25, 0.3) is 0 Å². The molecule has 0 rings (SSSR count). The van der Waals surface area contributed by atoms with Gasteiger partial charge in [-0.15, -0.1) is 0 Å². The molecular weight excluding hydrogens is 386 g/mol. The molecule has 10 nitrogen and oxygen atoms in total. The number of carbonyl (C=O) groups is 3. The van der Waals surface area contributed by atoms with E-state index >= 15 is 0 Å². The molecule has 0 aromatic carbocycles. The molecule has 29 heavy (non-hydrogen) atoms. The maximum Gasteiger partial charge on any atom is 0.407 e. The van der Waals surface area contributed by atoms with E-state index in [0.29, 0.717) is 25.3 Å². The van der Waals surface area contributed by atoms with Crippen LogP contribution in [0.2, 0.25) is 0 Å². The normalized spacial score (nSPS) is 11.4. The average molecular weight is 417 g/mol. The molecule has 0 fully saturated rings. The molecular formula is C19H31NO9. The fourth-order valence-electron chi connectivity index (χ4n) is 1.80. The number of alkyl carbamates (subject to hydrolysis) is 1. The van der Waals surface area contributed by atoms with E-state index in [9.17, 15) is 14.4 Å². The van der Waals surface area contributed by atoms with Crippen LogP contribution >= 0.6 is 0 Å². The van der Waals surface area contributed by atoms with E-state index in [4.69, 9.17) is 28.8 Å². The number of amides is 1. The van der Waals surface area contributed by atoms with Gasteiger partial charge < -0.3 is 34.1 Å². The first-order valence-electron chi connectivity index (χ1n) is 9.19. The maximum atomic E-state index is 11.4. The zero-order valence-corrected chi connectivity index (χ0v) is 17.1. The molecule has 0 aliphatic carbocycles. The minimum Gasteiger partial charge on any atom is -0.478 e. The molecule has 0 spiro atoms. The van der Waals surface area contributed by atoms with Crippen LogP contribution in [0.15, 0.2) is 24.3 Å². The summed E-state index contributed by atoms with van der Waals surface area (Å²) in [6.07, 6.45) is -1.24. The third-order valence-electron chi connectivity index (χ3n) is 3.26. The Kier molecular flexibility index (Phi) is 15.1. The van der Waals surface area contributed by atoms with Gasteiger partial charge in [-0.3, -0.25) is 0 Å². The zero-order chi connectivity index (χ0) is 22.1. The third kappa shape index (κ3) is 15.2. The number of hydrogen-bond acceptors (Lipinski definition) is 8. The number of hydrogen-bond donors (Lipinski definition) is 2. The molecule has 1 atom stereocenters. The van der Waals surface area contributed by atoms with Gasteiger partial charge in [-0.1, -0.05) is 13.2 Å². The number of carboxylic acids is 1. The van der Waals surface area contributed by atoms with Crippen LogP contribution in [0.25, 0.3) is 0 Å². The summed E-state index contributed by atoms with van der Waals surface area (Å²) in [5.41, 5.74) is 0.283. The van der Waals surface area contributed by atoms with E-state index in [1.165, 1.54) is 0 Å². The second kappa shape index (κ2) is 16.5. The Balaban J connectivity index is 3.92. The van der Waals surface area contributed by atoms with Crippen LogP contribution in [0.4, 0.5) is 4.79 Å². The molecule has 10 heteroatoms. The Morgan fingerprint density at radius 1 is 0.966 bits per heavy atom. The lowest BCUT2D eigenvalue weighted by molar-refractivity contribution is -0.140. The number of carbonyl (C=O) groups excluding carboxylic acids is 2. The van der Waals surface area contributed by atoms with Gasteiger partial charge in [0, 0.05) is 24.1 Å².